The predicted octanol–water partition coefficient (Wildman–Crippen LogP) is 4.54. The molecule has 3 aromatic rings. The van der Waals surface area contributed by atoms with Crippen molar-refractivity contribution in [1.29, 1.82) is 0 Å². The van der Waals surface area contributed by atoms with Crippen molar-refractivity contribution >= 4 is 40.7 Å². The Bertz CT molecular complexity index is 935. The molecule has 1 heterocycles. The average molecular weight is 373 g/mol. The lowest BCUT2D eigenvalue weighted by molar-refractivity contribution is 0.0601. The van der Waals surface area contributed by atoms with E-state index < -0.39 is 5.97 Å². The van der Waals surface area contributed by atoms with Crippen molar-refractivity contribution in [2.24, 2.45) is 0 Å². The highest BCUT2D eigenvalue weighted by atomic mass is 35.5. The van der Waals surface area contributed by atoms with Gasteiger partial charge in [-0.2, -0.15) is 4.98 Å². The number of hydrogen-bond acceptors (Lipinski definition) is 6. The molecule has 3 rings (SSSR count). The molecular weight excluding hydrogens is 359 g/mol. The summed E-state index contributed by atoms with van der Waals surface area (Å²) in [6.45, 7) is 0. The highest BCUT2D eigenvalue weighted by Crippen LogP contribution is 2.26. The van der Waals surface area contributed by atoms with E-state index in [1.165, 1.54) is 19.2 Å². The molecule has 26 heavy (non-hydrogen) atoms. The normalized spacial score (nSPS) is 10.3. The number of aromatic nitrogens is 2. The molecule has 2 N–H and O–H groups in total. The minimum absolute atomic E-state index is 0.321. The molecule has 0 atom stereocenters. The average Bonchev–Trinajstić information content (AvgIpc) is 2.65. The van der Waals surface area contributed by atoms with Crippen molar-refractivity contribution in [2.75, 3.05) is 17.7 Å². The quantitative estimate of drug-likeness (QED) is 0.640. The van der Waals surface area contributed by atoms with Crippen molar-refractivity contribution in [3.8, 4) is 0 Å². The van der Waals surface area contributed by atoms with Crippen LogP contribution in [0, 0.1) is 5.82 Å². The monoisotopic (exact) mass is 372 g/mol. The number of anilines is 4. The maximum Gasteiger partial charge on any atom is 0.337 e. The molecule has 0 aliphatic rings. The maximum absolute atomic E-state index is 13.0. The summed E-state index contributed by atoms with van der Waals surface area (Å²) in [6.07, 6.45) is 1.55. The van der Waals surface area contributed by atoms with E-state index in [4.69, 9.17) is 16.3 Å². The van der Waals surface area contributed by atoms with E-state index in [0.29, 0.717) is 33.7 Å². The summed E-state index contributed by atoms with van der Waals surface area (Å²) in [5, 5.41) is 6.43. The zero-order chi connectivity index (χ0) is 18.5. The number of methoxy groups -OCH3 is 1. The fourth-order valence-electron chi connectivity index (χ4n) is 2.15. The van der Waals surface area contributed by atoms with Gasteiger partial charge in [0.15, 0.2) is 0 Å². The van der Waals surface area contributed by atoms with Crippen LogP contribution in [0.3, 0.4) is 0 Å². The molecular formula is C18H14ClFN4O2. The molecule has 6 nitrogen and oxygen atoms in total. The van der Waals surface area contributed by atoms with Crippen molar-refractivity contribution in [3.63, 3.8) is 0 Å². The standard InChI is InChI=1S/C18H14ClFN4O2/c1-26-17(25)11-2-7-14(19)15(10-11)23-16-8-9-21-18(24-16)22-13-5-3-12(20)4-6-13/h2-10H,1H3,(H2,21,22,23,24). The second-order valence-electron chi connectivity index (χ2n) is 5.21. The number of rotatable bonds is 5. The van der Waals surface area contributed by atoms with Crippen molar-refractivity contribution in [3.05, 3.63) is 71.1 Å². The number of ether oxygens (including phenoxy) is 1. The van der Waals surface area contributed by atoms with E-state index in [1.807, 2.05) is 0 Å². The second kappa shape index (κ2) is 7.79. The summed E-state index contributed by atoms with van der Waals surface area (Å²) in [6, 6.07) is 12.2. The van der Waals surface area contributed by atoms with Gasteiger partial charge in [0.2, 0.25) is 5.95 Å². The lowest BCUT2D eigenvalue weighted by Gasteiger charge is -2.11. The lowest BCUT2D eigenvalue weighted by Crippen LogP contribution is -2.04. The smallest absolute Gasteiger partial charge is 0.337 e. The first kappa shape index (κ1) is 17.6. The second-order valence-corrected chi connectivity index (χ2v) is 5.62. The third-order valence-electron chi connectivity index (χ3n) is 3.41. The molecule has 0 bridgehead atoms. The van der Waals surface area contributed by atoms with Gasteiger partial charge in [-0.25, -0.2) is 14.2 Å². The van der Waals surface area contributed by atoms with Crippen LogP contribution in [0.1, 0.15) is 10.4 Å². The largest absolute Gasteiger partial charge is 0.465 e. The SMILES string of the molecule is COC(=O)c1ccc(Cl)c(Nc2ccnc(Nc3ccc(F)cc3)n2)c1. The number of carbonyl (C=O) groups is 1. The predicted molar refractivity (Wildman–Crippen MR) is 97.8 cm³/mol. The number of halogens is 2. The van der Waals surface area contributed by atoms with Crippen LogP contribution < -0.4 is 10.6 Å². The van der Waals surface area contributed by atoms with E-state index >= 15 is 0 Å². The van der Waals surface area contributed by atoms with Gasteiger partial charge in [0.25, 0.3) is 0 Å². The lowest BCUT2D eigenvalue weighted by atomic mass is 10.2. The Hall–Kier alpha value is -3.19. The van der Waals surface area contributed by atoms with Gasteiger partial charge in [-0.1, -0.05) is 11.6 Å². The van der Waals surface area contributed by atoms with Crippen molar-refractivity contribution in [1.82, 2.24) is 9.97 Å². The molecule has 132 valence electrons. The minimum Gasteiger partial charge on any atom is -0.465 e. The zero-order valence-corrected chi connectivity index (χ0v) is 14.4. The number of esters is 1. The molecule has 0 radical (unpaired) electrons. The van der Waals surface area contributed by atoms with E-state index in [0.717, 1.165) is 0 Å². The van der Waals surface area contributed by atoms with Gasteiger partial charge >= 0.3 is 5.97 Å². The summed E-state index contributed by atoms with van der Waals surface area (Å²) >= 11 is 6.17. The molecule has 2 aromatic carbocycles. The first-order chi connectivity index (χ1) is 12.5. The van der Waals surface area contributed by atoms with E-state index in [9.17, 15) is 9.18 Å². The first-order valence-corrected chi connectivity index (χ1v) is 7.93. The summed E-state index contributed by atoms with van der Waals surface area (Å²) < 4.78 is 17.7. The topological polar surface area (TPSA) is 76.1 Å². The highest BCUT2D eigenvalue weighted by Gasteiger charge is 2.10. The molecule has 1 aromatic heterocycles. The molecule has 0 unspecified atom stereocenters. The maximum atomic E-state index is 13.0. The van der Waals surface area contributed by atoms with Gasteiger partial charge < -0.3 is 15.4 Å². The summed E-state index contributed by atoms with van der Waals surface area (Å²) in [5.74, 6) is -0.00605. The Morgan fingerprint density at radius 2 is 1.88 bits per heavy atom. The number of hydrogen-bond donors (Lipinski definition) is 2. The van der Waals surface area contributed by atoms with Crippen LogP contribution in [-0.2, 0) is 4.74 Å². The van der Waals surface area contributed by atoms with Gasteiger partial charge in [-0.15, -0.1) is 0 Å². The molecule has 0 aliphatic carbocycles. The Balaban J connectivity index is 1.80. The summed E-state index contributed by atoms with van der Waals surface area (Å²) in [5.41, 5.74) is 1.51. The van der Waals surface area contributed by atoms with Crippen molar-refractivity contribution < 1.29 is 13.9 Å². The van der Waals surface area contributed by atoms with Crippen LogP contribution in [0.25, 0.3) is 0 Å². The molecule has 0 fully saturated rings. The van der Waals surface area contributed by atoms with Gasteiger partial charge in [-0.05, 0) is 48.5 Å². The van der Waals surface area contributed by atoms with Crippen LogP contribution >= 0.6 is 11.6 Å². The number of nitrogens with zero attached hydrogens (tertiary/aromatic N) is 2. The fourth-order valence-corrected chi connectivity index (χ4v) is 2.32. The van der Waals surface area contributed by atoms with Gasteiger partial charge in [0.05, 0.1) is 23.4 Å². The Kier molecular flexibility index (Phi) is 5.28. The number of nitrogens with one attached hydrogen (secondary N) is 2. The van der Waals surface area contributed by atoms with Crippen LogP contribution in [0.2, 0.25) is 5.02 Å². The van der Waals surface area contributed by atoms with E-state index in [2.05, 4.69) is 20.6 Å². The molecule has 0 saturated carbocycles. The fraction of sp³-hybridized carbons (Fsp3) is 0.0556. The third kappa shape index (κ3) is 4.25. The number of benzene rings is 2. The third-order valence-corrected chi connectivity index (χ3v) is 3.74. The molecule has 0 spiro atoms. The zero-order valence-electron chi connectivity index (χ0n) is 13.7. The Morgan fingerprint density at radius 3 is 2.62 bits per heavy atom. The number of carbonyl (C=O) groups excluding carboxylic acids is 1. The molecule has 0 amide bonds. The van der Waals surface area contributed by atoms with Gasteiger partial charge in [-0.3, -0.25) is 0 Å². The highest BCUT2D eigenvalue weighted by molar-refractivity contribution is 6.33. The first-order valence-electron chi connectivity index (χ1n) is 7.55. The summed E-state index contributed by atoms with van der Waals surface area (Å²) in [7, 11) is 1.31. The Labute approximate surface area is 154 Å². The van der Waals surface area contributed by atoms with Gasteiger partial charge in [0.1, 0.15) is 11.6 Å². The van der Waals surface area contributed by atoms with Crippen LogP contribution in [0.15, 0.2) is 54.7 Å². The van der Waals surface area contributed by atoms with Crippen LogP contribution in [-0.4, -0.2) is 23.0 Å². The molecule has 8 heteroatoms. The van der Waals surface area contributed by atoms with Crippen LogP contribution in [0.5, 0.6) is 0 Å². The molecule has 0 aliphatic heterocycles. The summed E-state index contributed by atoms with van der Waals surface area (Å²) in [4.78, 5) is 20.1. The van der Waals surface area contributed by atoms with Crippen LogP contribution in [0.4, 0.5) is 27.5 Å². The minimum atomic E-state index is -0.467. The Morgan fingerprint density at radius 1 is 1.12 bits per heavy atom. The van der Waals surface area contributed by atoms with Gasteiger partial charge in [0, 0.05) is 11.9 Å². The van der Waals surface area contributed by atoms with Crippen molar-refractivity contribution in [2.45, 2.75) is 0 Å². The van der Waals surface area contributed by atoms with E-state index in [1.54, 1.807) is 42.6 Å². The van der Waals surface area contributed by atoms with E-state index in [-0.39, 0.29) is 5.82 Å². The molecule has 0 saturated heterocycles.